The minimum Gasteiger partial charge on any atom is -0.475 e. The highest BCUT2D eigenvalue weighted by atomic mass is 19.4. The number of hydrogen-bond acceptors (Lipinski definition) is 5. The van der Waals surface area contributed by atoms with E-state index in [2.05, 4.69) is 10.2 Å². The second-order valence-electron chi connectivity index (χ2n) is 8.95. The number of anilines is 1. The summed E-state index contributed by atoms with van der Waals surface area (Å²) in [6.07, 6.45) is -1.16. The van der Waals surface area contributed by atoms with Gasteiger partial charge in [0.15, 0.2) is 0 Å². The molecule has 3 heterocycles. The van der Waals surface area contributed by atoms with Gasteiger partial charge in [-0.1, -0.05) is 18.2 Å². The van der Waals surface area contributed by atoms with Crippen molar-refractivity contribution in [3.8, 4) is 0 Å². The minimum atomic E-state index is -5.08. The number of nitrogens with one attached hydrogen (secondary N) is 1. The molecule has 36 heavy (non-hydrogen) atoms. The molecule has 2 aromatic rings. The van der Waals surface area contributed by atoms with Crippen molar-refractivity contribution < 1.29 is 37.1 Å². The van der Waals surface area contributed by atoms with E-state index in [1.165, 1.54) is 0 Å². The molecule has 0 bridgehead atoms. The van der Waals surface area contributed by atoms with Gasteiger partial charge in [0.05, 0.1) is 12.5 Å². The van der Waals surface area contributed by atoms with Crippen LogP contribution in [-0.2, 0) is 16.1 Å². The summed E-state index contributed by atoms with van der Waals surface area (Å²) in [5.41, 5.74) is 1.64. The topological polar surface area (TPSA) is 106 Å². The molecule has 1 atom stereocenters. The monoisotopic (exact) mass is 510 g/mol. The molecular weight excluding hydrogens is 481 g/mol. The largest absolute Gasteiger partial charge is 0.490 e. The van der Waals surface area contributed by atoms with E-state index in [-0.39, 0.29) is 17.4 Å². The first kappa shape index (κ1) is 27.1. The molecule has 1 spiro atoms. The number of rotatable bonds is 4. The molecule has 0 radical (unpaired) electrons. The number of urea groups is 1. The van der Waals surface area contributed by atoms with Crippen molar-refractivity contribution in [1.29, 1.82) is 0 Å². The zero-order valence-electron chi connectivity index (χ0n) is 19.8. The Hall–Kier alpha value is -3.54. The lowest BCUT2D eigenvalue weighted by Gasteiger charge is -2.33. The second kappa shape index (κ2) is 11.5. The fraction of sp³-hybridized carbons (Fsp3) is 0.458. The minimum absolute atomic E-state index is 0.108. The van der Waals surface area contributed by atoms with Crippen molar-refractivity contribution in [2.24, 2.45) is 5.41 Å². The summed E-state index contributed by atoms with van der Waals surface area (Å²) in [4.78, 5) is 40.6. The number of nitrogens with zero attached hydrogens (tertiary/aromatic N) is 3. The van der Waals surface area contributed by atoms with E-state index in [0.29, 0.717) is 32.6 Å². The molecule has 196 valence electrons. The highest BCUT2D eigenvalue weighted by Crippen LogP contribution is 2.35. The average Bonchev–Trinajstić information content (AvgIpc) is 3.39. The Kier molecular flexibility index (Phi) is 8.62. The normalized spacial score (nSPS) is 20.6. The molecule has 1 unspecified atom stereocenters. The van der Waals surface area contributed by atoms with Gasteiger partial charge in [0.2, 0.25) is 5.91 Å². The first-order valence-electron chi connectivity index (χ1n) is 11.4. The van der Waals surface area contributed by atoms with Crippen LogP contribution < -0.4 is 5.32 Å². The molecule has 0 saturated carbocycles. The van der Waals surface area contributed by atoms with Crippen molar-refractivity contribution in [3.05, 3.63) is 54.5 Å². The number of carbonyl (C=O) groups is 3. The molecule has 2 fully saturated rings. The number of carboxylic acids is 1. The third-order valence-electron chi connectivity index (χ3n) is 6.10. The average molecular weight is 511 g/mol. The summed E-state index contributed by atoms with van der Waals surface area (Å²) in [5, 5.41) is 10.1. The molecule has 2 aliphatic rings. The van der Waals surface area contributed by atoms with Crippen LogP contribution in [0.4, 0.5) is 23.7 Å². The van der Waals surface area contributed by atoms with Gasteiger partial charge < -0.3 is 24.6 Å². The Balaban J connectivity index is 0.000000454. The summed E-state index contributed by atoms with van der Waals surface area (Å²) in [5.74, 6) is -2.58. The first-order valence-corrected chi connectivity index (χ1v) is 11.4. The maximum atomic E-state index is 13.0. The Morgan fingerprint density at radius 3 is 2.36 bits per heavy atom. The van der Waals surface area contributed by atoms with Gasteiger partial charge in [0.1, 0.15) is 0 Å². The van der Waals surface area contributed by atoms with Gasteiger partial charge >= 0.3 is 18.2 Å². The number of likely N-dealkylation sites (tertiary alicyclic amines) is 1. The number of carboxylic acid groups (broad SMARTS) is 1. The number of hydrogen-bond donors (Lipinski definition) is 2. The number of furan rings is 1. The standard InChI is InChI=1S/C22H28N4O3.C2HF3O2/c1-2-25-16-22(12-20(25)27)15-24(13-18-8-11-29-14-18)9-10-26(17-22)21(28)23-19-6-4-3-5-7-19;3-2(4,5)1(6)7/h3-8,11,14H,2,9-10,12-13,15-17H2,1H3,(H,23,28);(H,6,7). The summed E-state index contributed by atoms with van der Waals surface area (Å²) in [7, 11) is 0. The third kappa shape index (κ3) is 7.23. The molecule has 1 aromatic carbocycles. The van der Waals surface area contributed by atoms with Gasteiger partial charge in [-0.3, -0.25) is 9.69 Å². The van der Waals surface area contributed by atoms with Crippen molar-refractivity contribution >= 4 is 23.6 Å². The number of amides is 3. The van der Waals surface area contributed by atoms with E-state index in [1.54, 1.807) is 12.5 Å². The van der Waals surface area contributed by atoms with E-state index in [1.807, 2.05) is 53.1 Å². The van der Waals surface area contributed by atoms with Crippen LogP contribution >= 0.6 is 0 Å². The van der Waals surface area contributed by atoms with Crippen molar-refractivity contribution in [2.45, 2.75) is 26.1 Å². The van der Waals surface area contributed by atoms with Gasteiger partial charge in [0.25, 0.3) is 0 Å². The van der Waals surface area contributed by atoms with Crippen LogP contribution in [0.3, 0.4) is 0 Å². The predicted octanol–water partition coefficient (Wildman–Crippen LogP) is 3.50. The zero-order chi connectivity index (χ0) is 26.3. The van der Waals surface area contributed by atoms with Gasteiger partial charge in [-0.15, -0.1) is 0 Å². The molecule has 3 amide bonds. The van der Waals surface area contributed by atoms with E-state index in [4.69, 9.17) is 14.3 Å². The first-order chi connectivity index (χ1) is 17.0. The van der Waals surface area contributed by atoms with Gasteiger partial charge in [0, 0.05) is 68.9 Å². The molecule has 12 heteroatoms. The zero-order valence-corrected chi connectivity index (χ0v) is 19.8. The summed E-state index contributed by atoms with van der Waals surface area (Å²) in [6, 6.07) is 11.4. The van der Waals surface area contributed by atoms with E-state index in [0.717, 1.165) is 30.9 Å². The molecule has 4 rings (SSSR count). The highest BCUT2D eigenvalue weighted by molar-refractivity contribution is 5.89. The summed E-state index contributed by atoms with van der Waals surface area (Å²) < 4.78 is 37.0. The molecule has 2 N–H and O–H groups in total. The summed E-state index contributed by atoms with van der Waals surface area (Å²) in [6.45, 7) is 6.92. The van der Waals surface area contributed by atoms with Crippen molar-refractivity contribution in [3.63, 3.8) is 0 Å². The Bertz CT molecular complexity index is 1030. The van der Waals surface area contributed by atoms with E-state index in [9.17, 15) is 22.8 Å². The molecular formula is C24H29F3N4O5. The third-order valence-corrected chi connectivity index (χ3v) is 6.10. The molecule has 9 nitrogen and oxygen atoms in total. The van der Waals surface area contributed by atoms with Crippen molar-refractivity contribution in [2.75, 3.05) is 44.6 Å². The number of alkyl halides is 3. The SMILES string of the molecule is CCN1CC2(CC1=O)CN(Cc1ccoc1)CCN(C(=O)Nc1ccccc1)C2.O=C(O)C(F)(F)F. The second-order valence-corrected chi connectivity index (χ2v) is 8.95. The van der Waals surface area contributed by atoms with E-state index >= 15 is 0 Å². The van der Waals surface area contributed by atoms with Gasteiger partial charge in [-0.2, -0.15) is 13.2 Å². The fourth-order valence-corrected chi connectivity index (χ4v) is 4.50. The maximum Gasteiger partial charge on any atom is 0.490 e. The predicted molar refractivity (Wildman–Crippen MR) is 124 cm³/mol. The Labute approximate surface area is 206 Å². The van der Waals surface area contributed by atoms with Crippen LogP contribution in [0.5, 0.6) is 0 Å². The Morgan fingerprint density at radius 2 is 1.81 bits per heavy atom. The van der Waals surface area contributed by atoms with Crippen LogP contribution in [0.25, 0.3) is 0 Å². The van der Waals surface area contributed by atoms with Gasteiger partial charge in [-0.25, -0.2) is 9.59 Å². The molecule has 2 aliphatic heterocycles. The van der Waals surface area contributed by atoms with Crippen LogP contribution in [0.15, 0.2) is 53.3 Å². The number of halogens is 3. The smallest absolute Gasteiger partial charge is 0.475 e. The molecule has 2 saturated heterocycles. The quantitative estimate of drug-likeness (QED) is 0.652. The lowest BCUT2D eigenvalue weighted by Crippen LogP contribution is -2.45. The maximum absolute atomic E-state index is 13.0. The Morgan fingerprint density at radius 1 is 1.11 bits per heavy atom. The van der Waals surface area contributed by atoms with Crippen LogP contribution in [-0.4, -0.2) is 83.2 Å². The lowest BCUT2D eigenvalue weighted by molar-refractivity contribution is -0.192. The fourth-order valence-electron chi connectivity index (χ4n) is 4.50. The molecule has 1 aromatic heterocycles. The number of benzene rings is 1. The van der Waals surface area contributed by atoms with Crippen molar-refractivity contribution in [1.82, 2.24) is 14.7 Å². The molecule has 0 aliphatic carbocycles. The number of para-hydroxylation sites is 1. The van der Waals surface area contributed by atoms with E-state index < -0.39 is 12.1 Å². The van der Waals surface area contributed by atoms with Crippen LogP contribution in [0.1, 0.15) is 18.9 Å². The summed E-state index contributed by atoms with van der Waals surface area (Å²) >= 11 is 0. The van der Waals surface area contributed by atoms with Gasteiger partial charge in [-0.05, 0) is 25.1 Å². The van der Waals surface area contributed by atoms with Crippen LogP contribution in [0, 0.1) is 5.41 Å². The van der Waals surface area contributed by atoms with Crippen LogP contribution in [0.2, 0.25) is 0 Å². The number of carbonyl (C=O) groups excluding carboxylic acids is 2. The lowest BCUT2D eigenvalue weighted by atomic mass is 9.86. The number of aliphatic carboxylic acids is 1. The highest BCUT2D eigenvalue weighted by Gasteiger charge is 2.46.